The molecule has 8 aromatic carbocycles. The Morgan fingerprint density at radius 2 is 1.22 bits per heavy atom. The molecule has 10 aromatic rings. The fraction of sp³-hybridized carbons (Fsp3) is 0.269. The van der Waals surface area contributed by atoms with Gasteiger partial charge in [-0.15, -0.1) is 0 Å². The average Bonchev–Trinajstić information content (AvgIpc) is 4.06. The van der Waals surface area contributed by atoms with Crippen LogP contribution in [0.4, 0.5) is 11.4 Å². The van der Waals surface area contributed by atoms with Gasteiger partial charge in [-0.1, -0.05) is 155 Å². The van der Waals surface area contributed by atoms with Crippen molar-refractivity contribution in [3.63, 3.8) is 0 Å². The smallest absolute Gasteiger partial charge is 0.333 e. The first-order chi connectivity index (χ1) is 34.3. The molecule has 72 heavy (non-hydrogen) atoms. The minimum absolute atomic E-state index is 0.00362. The fourth-order valence-electron chi connectivity index (χ4n) is 14.6. The van der Waals surface area contributed by atoms with E-state index in [1.54, 1.807) is 0 Å². The predicted molar refractivity (Wildman–Crippen MR) is 302 cm³/mol. The highest BCUT2D eigenvalue weighted by atomic mass is 16.3. The van der Waals surface area contributed by atoms with Crippen LogP contribution in [0.5, 0.6) is 0 Å². The van der Waals surface area contributed by atoms with E-state index in [-0.39, 0.29) is 33.9 Å². The number of fused-ring (bicyclic) bond motifs is 18. The molecule has 2 aromatic heterocycles. The zero-order valence-electron chi connectivity index (χ0n) is 43.5. The van der Waals surface area contributed by atoms with E-state index in [1.807, 2.05) is 0 Å². The molecule has 4 nitrogen and oxygen atoms in total. The van der Waals surface area contributed by atoms with E-state index in [0.29, 0.717) is 5.89 Å². The van der Waals surface area contributed by atoms with Crippen LogP contribution in [0.25, 0.3) is 83.4 Å². The van der Waals surface area contributed by atoms with Gasteiger partial charge in [0.1, 0.15) is 5.52 Å². The summed E-state index contributed by atoms with van der Waals surface area (Å²) in [6.45, 7) is 26.5. The molecule has 0 atom stereocenters. The number of oxazole rings is 1. The normalized spacial score (nSPS) is 17.7. The molecule has 0 saturated heterocycles. The second-order valence-electron chi connectivity index (χ2n) is 25.4. The molecular weight excluding hydrogens is 874 g/mol. The molecule has 2 aliphatic heterocycles. The lowest BCUT2D eigenvalue weighted by Gasteiger charge is -2.43. The molecule has 15 rings (SSSR count). The third-order valence-electron chi connectivity index (χ3n) is 18.6. The lowest BCUT2D eigenvalue weighted by atomic mass is 9.43. The second kappa shape index (κ2) is 13.5. The maximum Gasteiger partial charge on any atom is 0.333 e. The Morgan fingerprint density at radius 1 is 0.569 bits per heavy atom. The molecule has 0 N–H and O–H groups in total. The van der Waals surface area contributed by atoms with Gasteiger partial charge in [0.25, 0.3) is 0 Å². The van der Waals surface area contributed by atoms with Crippen molar-refractivity contribution in [1.29, 1.82) is 0 Å². The Balaban J connectivity index is 1.18. The van der Waals surface area contributed by atoms with Gasteiger partial charge in [0.05, 0.1) is 11.0 Å². The number of anilines is 2. The molecule has 5 heteroatoms. The third-order valence-corrected chi connectivity index (χ3v) is 18.6. The van der Waals surface area contributed by atoms with Crippen LogP contribution < -0.4 is 15.7 Å². The largest absolute Gasteiger partial charge is 0.436 e. The molecule has 5 aliphatic rings. The van der Waals surface area contributed by atoms with E-state index in [4.69, 9.17) is 9.40 Å². The molecule has 352 valence electrons. The van der Waals surface area contributed by atoms with Crippen molar-refractivity contribution >= 4 is 62.1 Å². The summed E-state index contributed by atoms with van der Waals surface area (Å²) in [6.07, 6.45) is 2.31. The maximum atomic E-state index is 6.88. The van der Waals surface area contributed by atoms with Crippen LogP contribution in [0.1, 0.15) is 128 Å². The van der Waals surface area contributed by atoms with Gasteiger partial charge in [-0.25, -0.2) is 4.98 Å². The van der Waals surface area contributed by atoms with E-state index in [1.165, 1.54) is 116 Å². The maximum absolute atomic E-state index is 6.88. The molecule has 0 fully saturated rings. The number of hydrogen-bond acceptors (Lipinski definition) is 3. The van der Waals surface area contributed by atoms with Gasteiger partial charge < -0.3 is 13.8 Å². The van der Waals surface area contributed by atoms with Crippen molar-refractivity contribution in [2.24, 2.45) is 0 Å². The zero-order chi connectivity index (χ0) is 49.3. The number of hydrogen-bond donors (Lipinski definition) is 0. The minimum Gasteiger partial charge on any atom is -0.436 e. The Kier molecular flexibility index (Phi) is 7.97. The summed E-state index contributed by atoms with van der Waals surface area (Å²) >= 11 is 0. The summed E-state index contributed by atoms with van der Waals surface area (Å²) in [5.74, 6) is 0.643. The summed E-state index contributed by atoms with van der Waals surface area (Å²) in [7, 11) is 0. The van der Waals surface area contributed by atoms with Crippen molar-refractivity contribution in [2.45, 2.75) is 116 Å². The number of aromatic nitrogens is 2. The van der Waals surface area contributed by atoms with E-state index >= 15 is 0 Å². The minimum atomic E-state index is -0.285. The Labute approximate surface area is 423 Å². The molecule has 0 spiro atoms. The topological polar surface area (TPSA) is 34.2 Å². The van der Waals surface area contributed by atoms with Crippen LogP contribution >= 0.6 is 0 Å². The van der Waals surface area contributed by atoms with Crippen molar-refractivity contribution in [2.75, 3.05) is 4.81 Å². The Bertz CT molecular complexity index is 4080. The van der Waals surface area contributed by atoms with Crippen molar-refractivity contribution in [3.8, 4) is 50.5 Å². The first-order valence-corrected chi connectivity index (χ1v) is 26.4. The highest BCUT2D eigenvalue weighted by Crippen LogP contribution is 2.61. The molecule has 0 unspecified atom stereocenters. The van der Waals surface area contributed by atoms with Crippen LogP contribution in [0, 0.1) is 0 Å². The lowest BCUT2D eigenvalue weighted by molar-refractivity contribution is 0.332. The summed E-state index contributed by atoms with van der Waals surface area (Å²) in [5, 5.41) is 2.74. The molecule has 0 bridgehead atoms. The molecule has 4 heterocycles. The number of rotatable bonds is 2. The van der Waals surface area contributed by atoms with E-state index < -0.39 is 0 Å². The van der Waals surface area contributed by atoms with E-state index in [0.717, 1.165) is 35.2 Å². The molecule has 3 aliphatic carbocycles. The monoisotopic (exact) mass is 933 g/mol. The number of benzene rings is 8. The summed E-state index contributed by atoms with van der Waals surface area (Å²) in [5.41, 5.74) is 29.0. The predicted octanol–water partition coefficient (Wildman–Crippen LogP) is 16.1. The first-order valence-electron chi connectivity index (χ1n) is 26.4. The van der Waals surface area contributed by atoms with Crippen LogP contribution in [0.15, 0.2) is 144 Å². The summed E-state index contributed by atoms with van der Waals surface area (Å²) in [6, 6.07) is 53.6. The van der Waals surface area contributed by atoms with Crippen molar-refractivity contribution < 1.29 is 4.42 Å². The Morgan fingerprint density at radius 3 is 1.93 bits per heavy atom. The van der Waals surface area contributed by atoms with Gasteiger partial charge >= 0.3 is 6.85 Å². The highest BCUT2D eigenvalue weighted by Gasteiger charge is 2.51. The summed E-state index contributed by atoms with van der Waals surface area (Å²) in [4.78, 5) is 8.05. The van der Waals surface area contributed by atoms with E-state index in [2.05, 4.69) is 225 Å². The summed E-state index contributed by atoms with van der Waals surface area (Å²) < 4.78 is 9.57. The number of nitrogens with zero attached hydrogens (tertiary/aromatic N) is 3. The van der Waals surface area contributed by atoms with Gasteiger partial charge in [0.15, 0.2) is 5.58 Å². The molecule has 0 amide bonds. The van der Waals surface area contributed by atoms with Gasteiger partial charge in [0.2, 0.25) is 5.89 Å². The molecule has 0 saturated carbocycles. The van der Waals surface area contributed by atoms with Gasteiger partial charge in [-0.2, -0.15) is 0 Å². The lowest BCUT2D eigenvalue weighted by Crippen LogP contribution is -2.60. The van der Waals surface area contributed by atoms with Crippen LogP contribution in [0.2, 0.25) is 0 Å². The van der Waals surface area contributed by atoms with Crippen LogP contribution in [0.3, 0.4) is 0 Å². The molecule has 0 radical (unpaired) electrons. The van der Waals surface area contributed by atoms with Crippen molar-refractivity contribution in [1.82, 2.24) is 9.55 Å². The van der Waals surface area contributed by atoms with Gasteiger partial charge in [-0.3, -0.25) is 0 Å². The van der Waals surface area contributed by atoms with Gasteiger partial charge in [-0.05, 0) is 161 Å². The van der Waals surface area contributed by atoms with Crippen LogP contribution in [-0.4, -0.2) is 16.4 Å². The SMILES string of the molecule is CC(C)(C)c1ccc(N2B3c4cc5nc(-c6ccccc6)oc5cc4-n4c5cc6c(cc5c5c7c(c(c3c54)-c3cc4c(cc32)-c2ccccc2C4(C)C)-c2ccccc2C7(C)C)C(C)(C)CCC6(C)C)cc1. The fourth-order valence-corrected chi connectivity index (χ4v) is 14.6. The van der Waals surface area contributed by atoms with Crippen LogP contribution in [-0.2, 0) is 27.1 Å². The first kappa shape index (κ1) is 42.6. The zero-order valence-corrected chi connectivity index (χ0v) is 43.5. The highest BCUT2D eigenvalue weighted by molar-refractivity contribution is 6.94. The van der Waals surface area contributed by atoms with Crippen molar-refractivity contribution in [3.05, 3.63) is 178 Å². The van der Waals surface area contributed by atoms with E-state index in [9.17, 15) is 0 Å². The molecular formula is C67H60BN3O. The van der Waals surface area contributed by atoms with Gasteiger partial charge in [0, 0.05) is 55.9 Å². The average molecular weight is 934 g/mol. The standard InChI is InChI=1S/C67H60BN3O/c1-63(2,3)38-25-27-39(28-26-38)71-53-33-42-40-21-15-17-23-45(40)66(8,9)47(42)31-44(53)57-56-41-22-16-18-24-46(41)67(10,11)59(56)58-43-32-48-49(65(6,7)30-29-64(48,4)5)34-52(43)70-54-36-55-51(35-50(54)68(71)60(57)61(58)70)69-62(72-55)37-19-13-12-14-20-37/h12-28,31-36H,29-30H2,1-11H3. The second-order valence-corrected chi connectivity index (χ2v) is 25.4. The quantitative estimate of drug-likeness (QED) is 0.162. The third kappa shape index (κ3) is 5.27. The Hall–Kier alpha value is -7.11.